The number of nitrogens with one attached hydrogen (secondary N) is 1. The number of benzene rings is 1. The summed E-state index contributed by atoms with van der Waals surface area (Å²) in [5.74, 6) is -0.655. The second kappa shape index (κ2) is 8.66. The molecular formula is C19H16FN5O2S2. The number of anilines is 2. The molecule has 1 aliphatic heterocycles. The molecule has 1 aromatic carbocycles. The van der Waals surface area contributed by atoms with E-state index in [9.17, 15) is 14.0 Å². The van der Waals surface area contributed by atoms with Gasteiger partial charge in [-0.3, -0.25) is 14.6 Å². The summed E-state index contributed by atoms with van der Waals surface area (Å²) in [4.78, 5) is 30.6. The summed E-state index contributed by atoms with van der Waals surface area (Å²) in [5, 5.41) is 11.2. The summed E-state index contributed by atoms with van der Waals surface area (Å²) in [7, 11) is 0. The van der Waals surface area contributed by atoms with Gasteiger partial charge in [0.2, 0.25) is 16.9 Å². The average molecular weight is 430 g/mol. The maximum Gasteiger partial charge on any atom is 0.231 e. The molecule has 7 nitrogen and oxygen atoms in total. The predicted octanol–water partition coefficient (Wildman–Crippen LogP) is 3.36. The zero-order valence-corrected chi connectivity index (χ0v) is 16.8. The normalized spacial score (nSPS) is 16.2. The van der Waals surface area contributed by atoms with E-state index in [1.165, 1.54) is 52.3 Å². The number of pyridine rings is 1. The monoisotopic (exact) mass is 429 g/mol. The van der Waals surface area contributed by atoms with Gasteiger partial charge in [-0.15, -0.1) is 10.2 Å². The lowest BCUT2D eigenvalue weighted by atomic mass is 10.1. The van der Waals surface area contributed by atoms with Gasteiger partial charge >= 0.3 is 0 Å². The number of halogens is 1. The largest absolute Gasteiger partial charge is 0.312 e. The van der Waals surface area contributed by atoms with Crippen LogP contribution in [-0.2, 0) is 15.3 Å². The van der Waals surface area contributed by atoms with Gasteiger partial charge in [0.1, 0.15) is 5.82 Å². The van der Waals surface area contributed by atoms with Crippen LogP contribution in [0.15, 0.2) is 53.0 Å². The molecule has 0 unspecified atom stereocenters. The summed E-state index contributed by atoms with van der Waals surface area (Å²) in [6, 6.07) is 11.4. The maximum atomic E-state index is 13.1. The van der Waals surface area contributed by atoms with Crippen molar-refractivity contribution in [3.8, 4) is 0 Å². The number of thioether (sulfide) groups is 1. The van der Waals surface area contributed by atoms with Crippen LogP contribution in [0.5, 0.6) is 0 Å². The van der Waals surface area contributed by atoms with Crippen molar-refractivity contribution in [2.75, 3.05) is 16.8 Å². The van der Waals surface area contributed by atoms with Crippen molar-refractivity contribution < 1.29 is 14.0 Å². The molecule has 1 atom stereocenters. The first-order valence-corrected chi connectivity index (χ1v) is 10.6. The molecule has 0 bridgehead atoms. The Labute approximate surface area is 174 Å². The van der Waals surface area contributed by atoms with E-state index >= 15 is 0 Å². The van der Waals surface area contributed by atoms with Crippen LogP contribution in [0.4, 0.5) is 15.2 Å². The van der Waals surface area contributed by atoms with Crippen LogP contribution in [-0.4, -0.2) is 33.5 Å². The lowest BCUT2D eigenvalue weighted by Gasteiger charge is -2.16. The topological polar surface area (TPSA) is 88.1 Å². The van der Waals surface area contributed by atoms with E-state index in [4.69, 9.17) is 0 Å². The molecule has 2 aromatic heterocycles. The van der Waals surface area contributed by atoms with Crippen molar-refractivity contribution in [1.29, 1.82) is 0 Å². The lowest BCUT2D eigenvalue weighted by Crippen LogP contribution is -2.28. The molecule has 1 fully saturated rings. The molecular weight excluding hydrogens is 413 g/mol. The van der Waals surface area contributed by atoms with Crippen LogP contribution in [0.1, 0.15) is 12.1 Å². The fourth-order valence-corrected chi connectivity index (χ4v) is 4.57. The minimum atomic E-state index is -0.499. The molecule has 1 aliphatic rings. The van der Waals surface area contributed by atoms with Crippen LogP contribution < -0.4 is 10.2 Å². The van der Waals surface area contributed by atoms with Crippen molar-refractivity contribution >= 4 is 45.7 Å². The second-order valence-corrected chi connectivity index (χ2v) is 8.55. The molecule has 0 radical (unpaired) electrons. The van der Waals surface area contributed by atoms with Gasteiger partial charge in [-0.2, -0.15) is 0 Å². The molecule has 0 aliphatic carbocycles. The number of hydrogen-bond donors (Lipinski definition) is 1. The Kier molecular flexibility index (Phi) is 5.81. The van der Waals surface area contributed by atoms with E-state index in [1.807, 2.05) is 18.2 Å². The van der Waals surface area contributed by atoms with E-state index in [2.05, 4.69) is 20.5 Å². The molecule has 3 heterocycles. The zero-order valence-electron chi connectivity index (χ0n) is 15.1. The van der Waals surface area contributed by atoms with Crippen LogP contribution in [0.2, 0.25) is 0 Å². The van der Waals surface area contributed by atoms with Gasteiger partial charge in [-0.05, 0) is 36.4 Å². The third kappa shape index (κ3) is 4.77. The highest BCUT2D eigenvalue weighted by Gasteiger charge is 2.35. The fraction of sp³-hybridized carbons (Fsp3) is 0.211. The van der Waals surface area contributed by atoms with Crippen LogP contribution in [0.25, 0.3) is 0 Å². The van der Waals surface area contributed by atoms with Gasteiger partial charge in [0.25, 0.3) is 0 Å². The van der Waals surface area contributed by atoms with Crippen molar-refractivity contribution in [3.63, 3.8) is 0 Å². The second-order valence-electron chi connectivity index (χ2n) is 6.35. The lowest BCUT2D eigenvalue weighted by molar-refractivity contribution is -0.122. The quantitative estimate of drug-likeness (QED) is 0.478. The Balaban J connectivity index is 1.33. The highest BCUT2D eigenvalue weighted by molar-refractivity contribution is 8.00. The van der Waals surface area contributed by atoms with E-state index in [0.29, 0.717) is 16.6 Å². The first-order chi connectivity index (χ1) is 14.1. The average Bonchev–Trinajstić information content (AvgIpc) is 3.34. The van der Waals surface area contributed by atoms with Gasteiger partial charge in [0.05, 0.1) is 11.6 Å². The molecule has 0 spiro atoms. The minimum Gasteiger partial charge on any atom is -0.312 e. The predicted molar refractivity (Wildman–Crippen MR) is 109 cm³/mol. The molecule has 4 rings (SSSR count). The zero-order chi connectivity index (χ0) is 20.2. The van der Waals surface area contributed by atoms with Crippen molar-refractivity contribution in [2.45, 2.75) is 16.5 Å². The molecule has 148 valence electrons. The van der Waals surface area contributed by atoms with Gasteiger partial charge < -0.3 is 10.2 Å². The van der Waals surface area contributed by atoms with Gasteiger partial charge in [-0.25, -0.2) is 4.39 Å². The SMILES string of the molecule is O=C(Nc1nnc(SCc2ccccn2)s1)[C@H]1CC(=O)N(c2ccc(F)cc2)C1. The van der Waals surface area contributed by atoms with Crippen molar-refractivity contribution in [2.24, 2.45) is 5.92 Å². The summed E-state index contributed by atoms with van der Waals surface area (Å²) in [5.41, 5.74) is 1.51. The first-order valence-electron chi connectivity index (χ1n) is 8.81. The fourth-order valence-electron chi connectivity index (χ4n) is 2.90. The van der Waals surface area contributed by atoms with Crippen LogP contribution in [0, 0.1) is 11.7 Å². The molecule has 3 aromatic rings. The van der Waals surface area contributed by atoms with Crippen molar-refractivity contribution in [3.05, 3.63) is 60.2 Å². The Morgan fingerprint density at radius 1 is 1.24 bits per heavy atom. The standard InChI is InChI=1S/C19H16FN5O2S2/c20-13-4-6-15(7-5-13)25-10-12(9-16(25)26)17(27)22-18-23-24-19(29-18)28-11-14-3-1-2-8-21-14/h1-8,12H,9-11H2,(H,22,23,27)/t12-/m0/s1. The number of hydrogen-bond acceptors (Lipinski definition) is 7. The van der Waals surface area contributed by atoms with E-state index in [1.54, 1.807) is 6.20 Å². The molecule has 1 N–H and O–H groups in total. The van der Waals surface area contributed by atoms with E-state index in [-0.39, 0.29) is 30.6 Å². The number of amides is 2. The van der Waals surface area contributed by atoms with Crippen LogP contribution in [0.3, 0.4) is 0 Å². The Bertz CT molecular complexity index is 1010. The maximum absolute atomic E-state index is 13.1. The third-order valence-electron chi connectivity index (χ3n) is 4.34. The summed E-state index contributed by atoms with van der Waals surface area (Å²) in [6.07, 6.45) is 1.84. The third-order valence-corrected chi connectivity index (χ3v) is 6.35. The van der Waals surface area contributed by atoms with Gasteiger partial charge in [0.15, 0.2) is 4.34 Å². The van der Waals surface area contributed by atoms with Gasteiger partial charge in [0, 0.05) is 30.6 Å². The van der Waals surface area contributed by atoms with E-state index in [0.717, 1.165) is 10.0 Å². The number of rotatable bonds is 6. The molecule has 1 saturated heterocycles. The summed E-state index contributed by atoms with van der Waals surface area (Å²) < 4.78 is 13.8. The summed E-state index contributed by atoms with van der Waals surface area (Å²) in [6.45, 7) is 0.246. The molecule has 29 heavy (non-hydrogen) atoms. The summed E-state index contributed by atoms with van der Waals surface area (Å²) >= 11 is 2.77. The van der Waals surface area contributed by atoms with Gasteiger partial charge in [-0.1, -0.05) is 29.2 Å². The number of carbonyl (C=O) groups is 2. The number of carbonyl (C=O) groups excluding carboxylic acids is 2. The first kappa shape index (κ1) is 19.5. The Morgan fingerprint density at radius 3 is 2.83 bits per heavy atom. The molecule has 0 saturated carbocycles. The van der Waals surface area contributed by atoms with Crippen molar-refractivity contribution in [1.82, 2.24) is 15.2 Å². The highest BCUT2D eigenvalue weighted by Crippen LogP contribution is 2.30. The molecule has 10 heteroatoms. The van der Waals surface area contributed by atoms with E-state index < -0.39 is 5.92 Å². The number of nitrogens with zero attached hydrogens (tertiary/aromatic N) is 4. The van der Waals surface area contributed by atoms with Crippen LogP contribution >= 0.6 is 23.1 Å². The number of aromatic nitrogens is 3. The molecule has 2 amide bonds. The Morgan fingerprint density at radius 2 is 2.07 bits per heavy atom. The smallest absolute Gasteiger partial charge is 0.231 e. The highest BCUT2D eigenvalue weighted by atomic mass is 32.2. The Hall–Kier alpha value is -2.85. The minimum absolute atomic E-state index is 0.100.